The summed E-state index contributed by atoms with van der Waals surface area (Å²) < 4.78 is 21.2. The van der Waals surface area contributed by atoms with E-state index in [4.69, 9.17) is 18.9 Å². The van der Waals surface area contributed by atoms with Gasteiger partial charge in [0.1, 0.15) is 11.5 Å². The molecule has 3 aromatic rings. The van der Waals surface area contributed by atoms with Crippen molar-refractivity contribution in [3.63, 3.8) is 0 Å². The minimum atomic E-state index is -0.330. The zero-order valence-electron chi connectivity index (χ0n) is 17.4. The number of amides is 1. The van der Waals surface area contributed by atoms with E-state index in [9.17, 15) is 4.79 Å². The van der Waals surface area contributed by atoms with E-state index < -0.39 is 0 Å². The largest absolute Gasteiger partial charge is 0.497 e. The molecular weight excluding hydrogens is 400 g/mol. The maximum atomic E-state index is 12.7. The summed E-state index contributed by atoms with van der Waals surface area (Å²) in [4.78, 5) is 21.4. The summed E-state index contributed by atoms with van der Waals surface area (Å²) in [5.41, 5.74) is 2.44. The number of anilines is 2. The van der Waals surface area contributed by atoms with E-state index in [0.717, 1.165) is 17.1 Å². The van der Waals surface area contributed by atoms with E-state index in [-0.39, 0.29) is 12.7 Å². The van der Waals surface area contributed by atoms with Gasteiger partial charge in [0.15, 0.2) is 11.5 Å². The summed E-state index contributed by atoms with van der Waals surface area (Å²) in [5, 5.41) is 5.98. The maximum absolute atomic E-state index is 12.7. The SMILES string of the molecule is COc1ccc(NC(=O)c2cnc(NCc3ccc4c(c3)OCO4)nc2C)c(OC)c1. The van der Waals surface area contributed by atoms with Crippen LogP contribution in [-0.4, -0.2) is 36.9 Å². The molecule has 2 heterocycles. The molecule has 160 valence electrons. The molecule has 31 heavy (non-hydrogen) atoms. The van der Waals surface area contributed by atoms with Crippen LogP contribution in [0.15, 0.2) is 42.6 Å². The highest BCUT2D eigenvalue weighted by atomic mass is 16.7. The topological polar surface area (TPSA) is 104 Å². The Kier molecular flexibility index (Phi) is 5.74. The number of nitrogens with zero attached hydrogens (tertiary/aromatic N) is 2. The number of hydrogen-bond donors (Lipinski definition) is 2. The van der Waals surface area contributed by atoms with Crippen LogP contribution in [-0.2, 0) is 6.54 Å². The second-order valence-electron chi connectivity index (χ2n) is 6.75. The minimum Gasteiger partial charge on any atom is -0.497 e. The first kappa shape index (κ1) is 20.3. The molecule has 0 saturated heterocycles. The fraction of sp³-hybridized carbons (Fsp3) is 0.227. The quantitative estimate of drug-likeness (QED) is 0.597. The Bertz CT molecular complexity index is 1120. The zero-order chi connectivity index (χ0) is 21.8. The molecule has 0 fully saturated rings. The summed E-state index contributed by atoms with van der Waals surface area (Å²) in [6.07, 6.45) is 1.50. The number of rotatable bonds is 7. The van der Waals surface area contributed by atoms with Gasteiger partial charge in [0.05, 0.1) is 31.2 Å². The number of benzene rings is 2. The van der Waals surface area contributed by atoms with Gasteiger partial charge in [0.25, 0.3) is 5.91 Å². The van der Waals surface area contributed by atoms with Gasteiger partial charge in [-0.2, -0.15) is 0 Å². The third kappa shape index (κ3) is 4.45. The average molecular weight is 422 g/mol. The van der Waals surface area contributed by atoms with Crippen molar-refractivity contribution in [2.24, 2.45) is 0 Å². The Hall–Kier alpha value is -4.01. The molecule has 9 heteroatoms. The molecule has 1 amide bonds. The van der Waals surface area contributed by atoms with Crippen LogP contribution in [0.25, 0.3) is 0 Å². The van der Waals surface area contributed by atoms with E-state index in [2.05, 4.69) is 20.6 Å². The van der Waals surface area contributed by atoms with Crippen molar-refractivity contribution < 1.29 is 23.7 Å². The van der Waals surface area contributed by atoms with E-state index in [0.29, 0.717) is 40.9 Å². The van der Waals surface area contributed by atoms with E-state index in [1.807, 2.05) is 18.2 Å². The number of carbonyl (C=O) groups is 1. The highest BCUT2D eigenvalue weighted by Gasteiger charge is 2.16. The Morgan fingerprint density at radius 1 is 1.10 bits per heavy atom. The lowest BCUT2D eigenvalue weighted by molar-refractivity contribution is 0.102. The Labute approximate surface area is 179 Å². The summed E-state index contributed by atoms with van der Waals surface area (Å²) >= 11 is 0. The summed E-state index contributed by atoms with van der Waals surface area (Å²) in [7, 11) is 3.09. The van der Waals surface area contributed by atoms with Gasteiger partial charge >= 0.3 is 0 Å². The first-order valence-corrected chi connectivity index (χ1v) is 9.57. The smallest absolute Gasteiger partial charge is 0.259 e. The summed E-state index contributed by atoms with van der Waals surface area (Å²) in [6.45, 7) is 2.50. The second-order valence-corrected chi connectivity index (χ2v) is 6.75. The van der Waals surface area contributed by atoms with Crippen molar-refractivity contribution in [2.75, 3.05) is 31.6 Å². The van der Waals surface area contributed by atoms with Crippen LogP contribution in [0, 0.1) is 6.92 Å². The number of fused-ring (bicyclic) bond motifs is 1. The number of ether oxygens (including phenoxy) is 4. The van der Waals surface area contributed by atoms with Gasteiger partial charge in [-0.3, -0.25) is 4.79 Å². The molecule has 1 aliphatic heterocycles. The number of nitrogens with one attached hydrogen (secondary N) is 2. The lowest BCUT2D eigenvalue weighted by atomic mass is 10.2. The van der Waals surface area contributed by atoms with Crippen molar-refractivity contribution in [1.82, 2.24) is 9.97 Å². The first-order valence-electron chi connectivity index (χ1n) is 9.57. The highest BCUT2D eigenvalue weighted by Crippen LogP contribution is 2.32. The Morgan fingerprint density at radius 3 is 2.71 bits per heavy atom. The molecule has 0 saturated carbocycles. The predicted octanol–water partition coefficient (Wildman–Crippen LogP) is 3.40. The molecule has 0 bridgehead atoms. The number of methoxy groups -OCH3 is 2. The van der Waals surface area contributed by atoms with E-state index in [1.165, 1.54) is 13.3 Å². The van der Waals surface area contributed by atoms with Gasteiger partial charge in [-0.15, -0.1) is 0 Å². The standard InChI is InChI=1S/C22H22N4O5/c1-13-16(21(27)26-17-6-5-15(28-2)9-19(17)29-3)11-24-22(25-13)23-10-14-4-7-18-20(8-14)31-12-30-18/h4-9,11H,10,12H2,1-3H3,(H,26,27)(H,23,24,25). The van der Waals surface area contributed by atoms with Crippen molar-refractivity contribution in [2.45, 2.75) is 13.5 Å². The Balaban J connectivity index is 1.43. The van der Waals surface area contributed by atoms with Crippen molar-refractivity contribution in [3.05, 3.63) is 59.4 Å². The van der Waals surface area contributed by atoms with E-state index >= 15 is 0 Å². The van der Waals surface area contributed by atoms with Crippen LogP contribution in [0.2, 0.25) is 0 Å². The van der Waals surface area contributed by atoms with Gasteiger partial charge < -0.3 is 29.6 Å². The molecule has 0 radical (unpaired) electrons. The van der Waals surface area contributed by atoms with Crippen LogP contribution in [0.4, 0.5) is 11.6 Å². The summed E-state index contributed by atoms with van der Waals surface area (Å²) in [5.74, 6) is 2.68. The highest BCUT2D eigenvalue weighted by molar-refractivity contribution is 6.05. The third-order valence-electron chi connectivity index (χ3n) is 4.77. The van der Waals surface area contributed by atoms with E-state index in [1.54, 1.807) is 32.2 Å². The number of aromatic nitrogens is 2. The monoisotopic (exact) mass is 422 g/mol. The molecule has 2 N–H and O–H groups in total. The molecule has 9 nitrogen and oxygen atoms in total. The molecule has 0 atom stereocenters. The fourth-order valence-corrected chi connectivity index (χ4v) is 3.10. The minimum absolute atomic E-state index is 0.237. The van der Waals surface area contributed by atoms with Crippen LogP contribution in [0.5, 0.6) is 23.0 Å². The van der Waals surface area contributed by atoms with Crippen LogP contribution in [0.3, 0.4) is 0 Å². The molecule has 0 unspecified atom stereocenters. The predicted molar refractivity (Wildman–Crippen MR) is 114 cm³/mol. The first-order chi connectivity index (χ1) is 15.1. The van der Waals surface area contributed by atoms with Gasteiger partial charge in [-0.05, 0) is 36.8 Å². The normalized spacial score (nSPS) is 11.7. The molecule has 1 aliphatic rings. The number of hydrogen-bond acceptors (Lipinski definition) is 8. The number of carbonyl (C=O) groups excluding carboxylic acids is 1. The van der Waals surface area contributed by atoms with Crippen molar-refractivity contribution in [3.8, 4) is 23.0 Å². The average Bonchev–Trinajstić information content (AvgIpc) is 3.25. The maximum Gasteiger partial charge on any atom is 0.259 e. The van der Waals surface area contributed by atoms with Gasteiger partial charge in [0.2, 0.25) is 12.7 Å². The molecule has 4 rings (SSSR count). The molecule has 0 spiro atoms. The fourth-order valence-electron chi connectivity index (χ4n) is 3.10. The second kappa shape index (κ2) is 8.78. The van der Waals surface area contributed by atoms with Crippen LogP contribution in [0.1, 0.15) is 21.6 Å². The molecule has 1 aromatic heterocycles. The van der Waals surface area contributed by atoms with Crippen molar-refractivity contribution in [1.29, 1.82) is 0 Å². The number of aryl methyl sites for hydroxylation is 1. The van der Waals surface area contributed by atoms with Gasteiger partial charge in [0, 0.05) is 18.8 Å². The molecule has 0 aliphatic carbocycles. The lowest BCUT2D eigenvalue weighted by Gasteiger charge is -2.13. The summed E-state index contributed by atoms with van der Waals surface area (Å²) in [6, 6.07) is 10.9. The molecule has 2 aromatic carbocycles. The van der Waals surface area contributed by atoms with Crippen LogP contribution >= 0.6 is 0 Å². The Morgan fingerprint density at radius 2 is 1.94 bits per heavy atom. The van der Waals surface area contributed by atoms with Crippen molar-refractivity contribution >= 4 is 17.5 Å². The van der Waals surface area contributed by atoms with Gasteiger partial charge in [-0.1, -0.05) is 6.07 Å². The third-order valence-corrected chi connectivity index (χ3v) is 4.77. The van der Waals surface area contributed by atoms with Crippen LogP contribution < -0.4 is 29.6 Å². The zero-order valence-corrected chi connectivity index (χ0v) is 17.4. The molecular formula is C22H22N4O5. The van der Waals surface area contributed by atoms with Gasteiger partial charge in [-0.25, -0.2) is 9.97 Å². The lowest BCUT2D eigenvalue weighted by Crippen LogP contribution is -2.16.